The van der Waals surface area contributed by atoms with E-state index in [2.05, 4.69) is 50.4 Å². The predicted molar refractivity (Wildman–Crippen MR) is 87.4 cm³/mol. The van der Waals surface area contributed by atoms with Crippen molar-refractivity contribution in [3.05, 3.63) is 35.4 Å². The molecule has 116 valence electrons. The lowest BCUT2D eigenvalue weighted by Gasteiger charge is -2.25. The first-order chi connectivity index (χ1) is 10.1. The zero-order valence-electron chi connectivity index (χ0n) is 13.6. The van der Waals surface area contributed by atoms with E-state index >= 15 is 0 Å². The Balaban J connectivity index is 2.08. The molecule has 0 aliphatic carbocycles. The summed E-state index contributed by atoms with van der Waals surface area (Å²) >= 11 is 0. The molecule has 1 aliphatic rings. The SMILES string of the molecule is CCCNC(CN1CCCC1=O)c1ccc(C(C)C)cc1. The van der Waals surface area contributed by atoms with Gasteiger partial charge < -0.3 is 10.2 Å². The molecule has 0 bridgehead atoms. The van der Waals surface area contributed by atoms with Gasteiger partial charge in [-0.3, -0.25) is 4.79 Å². The average molecular weight is 288 g/mol. The Morgan fingerprint density at radius 1 is 1.19 bits per heavy atom. The highest BCUT2D eigenvalue weighted by atomic mass is 16.2. The van der Waals surface area contributed by atoms with E-state index in [0.717, 1.165) is 32.5 Å². The van der Waals surface area contributed by atoms with E-state index in [1.54, 1.807) is 0 Å². The van der Waals surface area contributed by atoms with Gasteiger partial charge in [-0.1, -0.05) is 45.0 Å². The van der Waals surface area contributed by atoms with Crippen molar-refractivity contribution in [1.29, 1.82) is 0 Å². The smallest absolute Gasteiger partial charge is 0.222 e. The topological polar surface area (TPSA) is 32.3 Å². The van der Waals surface area contributed by atoms with Crippen molar-refractivity contribution in [2.24, 2.45) is 0 Å². The van der Waals surface area contributed by atoms with Crippen LogP contribution in [-0.4, -0.2) is 30.4 Å². The fourth-order valence-electron chi connectivity index (χ4n) is 2.84. The van der Waals surface area contributed by atoms with Gasteiger partial charge in [0.2, 0.25) is 5.91 Å². The van der Waals surface area contributed by atoms with Crippen LogP contribution in [0.25, 0.3) is 0 Å². The van der Waals surface area contributed by atoms with Crippen LogP contribution in [0, 0.1) is 0 Å². The lowest BCUT2D eigenvalue weighted by molar-refractivity contribution is -0.128. The third-order valence-electron chi connectivity index (χ3n) is 4.22. The number of amides is 1. The second-order valence-electron chi connectivity index (χ2n) is 6.27. The summed E-state index contributed by atoms with van der Waals surface area (Å²) in [6.07, 6.45) is 2.83. The molecule has 0 aromatic heterocycles. The Hall–Kier alpha value is -1.35. The van der Waals surface area contributed by atoms with Gasteiger partial charge in [0, 0.05) is 25.6 Å². The minimum atomic E-state index is 0.244. The zero-order valence-corrected chi connectivity index (χ0v) is 13.6. The highest BCUT2D eigenvalue weighted by molar-refractivity contribution is 5.78. The number of carbonyl (C=O) groups excluding carboxylic acids is 1. The first-order valence-electron chi connectivity index (χ1n) is 8.22. The number of hydrogen-bond acceptors (Lipinski definition) is 2. The summed E-state index contributed by atoms with van der Waals surface area (Å²) in [6, 6.07) is 9.10. The summed E-state index contributed by atoms with van der Waals surface area (Å²) in [5.74, 6) is 0.860. The van der Waals surface area contributed by atoms with Crippen LogP contribution in [0.1, 0.15) is 63.1 Å². The monoisotopic (exact) mass is 288 g/mol. The van der Waals surface area contributed by atoms with E-state index in [9.17, 15) is 4.79 Å². The van der Waals surface area contributed by atoms with E-state index in [4.69, 9.17) is 0 Å². The summed E-state index contributed by atoms with van der Waals surface area (Å²) in [5, 5.41) is 3.59. The second kappa shape index (κ2) is 7.60. The lowest BCUT2D eigenvalue weighted by Crippen LogP contribution is -2.36. The van der Waals surface area contributed by atoms with Gasteiger partial charge in [-0.05, 0) is 36.4 Å². The lowest BCUT2D eigenvalue weighted by atomic mass is 9.98. The van der Waals surface area contributed by atoms with Crippen LogP contribution in [0.5, 0.6) is 0 Å². The van der Waals surface area contributed by atoms with Crippen LogP contribution in [0.2, 0.25) is 0 Å². The number of likely N-dealkylation sites (tertiary alicyclic amines) is 1. The van der Waals surface area contributed by atoms with Gasteiger partial charge in [-0.25, -0.2) is 0 Å². The van der Waals surface area contributed by atoms with E-state index in [-0.39, 0.29) is 6.04 Å². The number of benzene rings is 1. The minimum absolute atomic E-state index is 0.244. The van der Waals surface area contributed by atoms with Crippen LogP contribution < -0.4 is 5.32 Å². The molecule has 1 atom stereocenters. The maximum Gasteiger partial charge on any atom is 0.222 e. The highest BCUT2D eigenvalue weighted by Gasteiger charge is 2.24. The molecule has 3 heteroatoms. The number of rotatable bonds is 7. The molecule has 0 spiro atoms. The van der Waals surface area contributed by atoms with E-state index in [1.165, 1.54) is 11.1 Å². The maximum absolute atomic E-state index is 11.9. The fraction of sp³-hybridized carbons (Fsp3) is 0.611. The molecule has 1 unspecified atom stereocenters. The predicted octanol–water partition coefficient (Wildman–Crippen LogP) is 3.47. The molecule has 1 aromatic carbocycles. The van der Waals surface area contributed by atoms with Crippen LogP contribution in [0.15, 0.2) is 24.3 Å². The van der Waals surface area contributed by atoms with Crippen molar-refractivity contribution in [1.82, 2.24) is 10.2 Å². The molecule has 1 aliphatic heterocycles. The quantitative estimate of drug-likeness (QED) is 0.833. The molecule has 1 N–H and O–H groups in total. The molecular formula is C18H28N2O. The van der Waals surface area contributed by atoms with Crippen molar-refractivity contribution >= 4 is 5.91 Å². The number of nitrogens with zero attached hydrogens (tertiary/aromatic N) is 1. The average Bonchev–Trinajstić information content (AvgIpc) is 2.88. The molecule has 21 heavy (non-hydrogen) atoms. The molecule has 1 saturated heterocycles. The fourth-order valence-corrected chi connectivity index (χ4v) is 2.84. The molecule has 1 aromatic rings. The molecule has 0 saturated carbocycles. The van der Waals surface area contributed by atoms with Gasteiger partial charge in [0.05, 0.1) is 0 Å². The van der Waals surface area contributed by atoms with Crippen molar-refractivity contribution in [3.8, 4) is 0 Å². The second-order valence-corrected chi connectivity index (χ2v) is 6.27. The molecule has 3 nitrogen and oxygen atoms in total. The normalized spacial score (nSPS) is 16.8. The van der Waals surface area contributed by atoms with Crippen LogP contribution in [0.3, 0.4) is 0 Å². The van der Waals surface area contributed by atoms with Crippen molar-refractivity contribution < 1.29 is 4.79 Å². The third kappa shape index (κ3) is 4.31. The summed E-state index contributed by atoms with van der Waals surface area (Å²) in [5.41, 5.74) is 2.65. The molecule has 2 rings (SSSR count). The van der Waals surface area contributed by atoms with Crippen LogP contribution >= 0.6 is 0 Å². The van der Waals surface area contributed by atoms with Gasteiger partial charge in [0.15, 0.2) is 0 Å². The van der Waals surface area contributed by atoms with Crippen molar-refractivity contribution in [2.45, 2.75) is 52.0 Å². The Morgan fingerprint density at radius 2 is 1.86 bits per heavy atom. The third-order valence-corrected chi connectivity index (χ3v) is 4.22. The number of carbonyl (C=O) groups is 1. The number of nitrogens with one attached hydrogen (secondary N) is 1. The van der Waals surface area contributed by atoms with Gasteiger partial charge in [-0.15, -0.1) is 0 Å². The molecule has 0 radical (unpaired) electrons. The summed E-state index contributed by atoms with van der Waals surface area (Å²) < 4.78 is 0. The van der Waals surface area contributed by atoms with Crippen LogP contribution in [-0.2, 0) is 4.79 Å². The minimum Gasteiger partial charge on any atom is -0.341 e. The van der Waals surface area contributed by atoms with Gasteiger partial charge in [0.1, 0.15) is 0 Å². The van der Waals surface area contributed by atoms with E-state index in [0.29, 0.717) is 18.2 Å². The Morgan fingerprint density at radius 3 is 2.38 bits per heavy atom. The summed E-state index contributed by atoms with van der Waals surface area (Å²) in [7, 11) is 0. The van der Waals surface area contributed by atoms with E-state index < -0.39 is 0 Å². The molecule has 1 fully saturated rings. The van der Waals surface area contributed by atoms with E-state index in [1.807, 2.05) is 4.90 Å². The molecule has 1 amide bonds. The van der Waals surface area contributed by atoms with Gasteiger partial charge in [0.25, 0.3) is 0 Å². The highest BCUT2D eigenvalue weighted by Crippen LogP contribution is 2.21. The summed E-state index contributed by atoms with van der Waals surface area (Å²) in [4.78, 5) is 13.9. The Bertz CT molecular complexity index is 453. The largest absolute Gasteiger partial charge is 0.341 e. The molecular weight excluding hydrogens is 260 g/mol. The Kier molecular flexibility index (Phi) is 5.80. The summed E-state index contributed by atoms with van der Waals surface area (Å²) in [6.45, 7) is 9.29. The first-order valence-corrected chi connectivity index (χ1v) is 8.22. The van der Waals surface area contributed by atoms with Gasteiger partial charge in [-0.2, -0.15) is 0 Å². The Labute approximate surface area is 128 Å². The standard InChI is InChI=1S/C18H28N2O/c1-4-11-19-17(13-20-12-5-6-18(20)21)16-9-7-15(8-10-16)14(2)3/h7-10,14,17,19H,4-6,11-13H2,1-3H3. The van der Waals surface area contributed by atoms with Crippen LogP contribution in [0.4, 0.5) is 0 Å². The number of hydrogen-bond donors (Lipinski definition) is 1. The maximum atomic E-state index is 11.9. The first kappa shape index (κ1) is 16.0. The zero-order chi connectivity index (χ0) is 15.2. The molecule has 1 heterocycles. The van der Waals surface area contributed by atoms with Crippen molar-refractivity contribution in [3.63, 3.8) is 0 Å². The van der Waals surface area contributed by atoms with Crippen molar-refractivity contribution in [2.75, 3.05) is 19.6 Å². The van der Waals surface area contributed by atoms with Gasteiger partial charge >= 0.3 is 0 Å².